The second kappa shape index (κ2) is 16.0. The Hall–Kier alpha value is -4.05. The summed E-state index contributed by atoms with van der Waals surface area (Å²) in [6.07, 6.45) is 0.911. The number of carbonyl (C=O) groups excluding carboxylic acids is 2. The van der Waals surface area contributed by atoms with Crippen molar-refractivity contribution in [2.45, 2.75) is 50.2 Å². The molecule has 0 bridgehead atoms. The molecular weight excluding hydrogens is 645 g/mol. The lowest BCUT2D eigenvalue weighted by molar-refractivity contribution is -0.140. The fourth-order valence-electron chi connectivity index (χ4n) is 4.79. The lowest BCUT2D eigenvalue weighted by Gasteiger charge is -2.34. The van der Waals surface area contributed by atoms with E-state index in [2.05, 4.69) is 5.32 Å². The van der Waals surface area contributed by atoms with Crippen LogP contribution in [0.15, 0.2) is 108 Å². The first kappa shape index (κ1) is 34.8. The fraction of sp³-hybridized carbons (Fsp3) is 0.257. The van der Waals surface area contributed by atoms with Gasteiger partial charge in [0.2, 0.25) is 11.8 Å². The average molecular weight is 683 g/mol. The first-order chi connectivity index (χ1) is 22.0. The Morgan fingerprint density at radius 1 is 0.826 bits per heavy atom. The predicted molar refractivity (Wildman–Crippen MR) is 183 cm³/mol. The number of hydrogen-bond donors (Lipinski definition) is 1. The SMILES string of the molecule is CC[C@H](C)NC(=O)[C@@H](Cc1ccccc1)N(Cc1ccc(Cl)cc1)C(=O)CN(c1ccc(Cl)cc1)S(=O)(=O)c1ccc(OC)cc1. The number of hydrogen-bond acceptors (Lipinski definition) is 5. The predicted octanol–water partition coefficient (Wildman–Crippen LogP) is 6.75. The lowest BCUT2D eigenvalue weighted by atomic mass is 10.0. The maximum atomic E-state index is 14.5. The summed E-state index contributed by atoms with van der Waals surface area (Å²) in [5.74, 6) is -0.419. The van der Waals surface area contributed by atoms with Crippen molar-refractivity contribution < 1.29 is 22.7 Å². The molecule has 0 spiro atoms. The lowest BCUT2D eigenvalue weighted by Crippen LogP contribution is -2.54. The molecule has 0 aliphatic rings. The summed E-state index contributed by atoms with van der Waals surface area (Å²) in [7, 11) is -2.77. The van der Waals surface area contributed by atoms with E-state index in [1.807, 2.05) is 44.2 Å². The molecule has 4 aromatic carbocycles. The van der Waals surface area contributed by atoms with Crippen molar-refractivity contribution in [3.05, 3.63) is 124 Å². The van der Waals surface area contributed by atoms with Gasteiger partial charge in [-0.2, -0.15) is 0 Å². The minimum atomic E-state index is -4.26. The van der Waals surface area contributed by atoms with Gasteiger partial charge in [-0.1, -0.05) is 72.6 Å². The van der Waals surface area contributed by atoms with Gasteiger partial charge in [0.15, 0.2) is 0 Å². The quantitative estimate of drug-likeness (QED) is 0.159. The van der Waals surface area contributed by atoms with Crippen molar-refractivity contribution in [3.8, 4) is 5.75 Å². The molecule has 0 aliphatic heterocycles. The van der Waals surface area contributed by atoms with Crippen LogP contribution in [0, 0.1) is 0 Å². The van der Waals surface area contributed by atoms with Crippen molar-refractivity contribution in [1.82, 2.24) is 10.2 Å². The summed E-state index contributed by atoms with van der Waals surface area (Å²) in [5.41, 5.74) is 1.81. The summed E-state index contributed by atoms with van der Waals surface area (Å²) < 4.78 is 34.5. The third-order valence-electron chi connectivity index (χ3n) is 7.58. The Labute approximate surface area is 280 Å². The van der Waals surface area contributed by atoms with Crippen LogP contribution in [-0.4, -0.2) is 50.9 Å². The van der Waals surface area contributed by atoms with Gasteiger partial charge in [-0.05, 0) is 85.1 Å². The number of rotatable bonds is 14. The van der Waals surface area contributed by atoms with E-state index in [0.29, 0.717) is 22.2 Å². The monoisotopic (exact) mass is 681 g/mol. The van der Waals surface area contributed by atoms with Crippen molar-refractivity contribution in [1.29, 1.82) is 0 Å². The summed E-state index contributed by atoms with van der Waals surface area (Å²) >= 11 is 12.3. The van der Waals surface area contributed by atoms with E-state index in [0.717, 1.165) is 15.4 Å². The molecule has 0 aromatic heterocycles. The van der Waals surface area contributed by atoms with Gasteiger partial charge < -0.3 is 15.0 Å². The highest BCUT2D eigenvalue weighted by Crippen LogP contribution is 2.27. The highest BCUT2D eigenvalue weighted by atomic mass is 35.5. The number of benzene rings is 4. The van der Waals surface area contributed by atoms with E-state index in [1.165, 1.54) is 48.4 Å². The number of halogens is 2. The molecule has 2 amide bonds. The van der Waals surface area contributed by atoms with Crippen molar-refractivity contribution in [3.63, 3.8) is 0 Å². The smallest absolute Gasteiger partial charge is 0.264 e. The normalized spacial score (nSPS) is 12.5. The van der Waals surface area contributed by atoms with Gasteiger partial charge in [-0.3, -0.25) is 13.9 Å². The van der Waals surface area contributed by atoms with E-state index in [4.69, 9.17) is 27.9 Å². The molecule has 0 saturated carbocycles. The topological polar surface area (TPSA) is 96.0 Å². The largest absolute Gasteiger partial charge is 0.497 e. The Morgan fingerprint density at radius 2 is 1.41 bits per heavy atom. The molecule has 0 radical (unpaired) electrons. The minimum absolute atomic E-state index is 0.0318. The number of anilines is 1. The van der Waals surface area contributed by atoms with E-state index < -0.39 is 28.5 Å². The molecule has 8 nitrogen and oxygen atoms in total. The van der Waals surface area contributed by atoms with Gasteiger partial charge in [0.25, 0.3) is 10.0 Å². The van der Waals surface area contributed by atoms with E-state index in [9.17, 15) is 18.0 Å². The van der Waals surface area contributed by atoms with Crippen LogP contribution in [0.2, 0.25) is 10.0 Å². The molecule has 11 heteroatoms. The molecule has 0 saturated heterocycles. The zero-order chi connectivity index (χ0) is 33.3. The average Bonchev–Trinajstić information content (AvgIpc) is 3.06. The van der Waals surface area contributed by atoms with E-state index in [-0.39, 0.29) is 35.5 Å². The fourth-order valence-corrected chi connectivity index (χ4v) is 6.46. The number of nitrogens with zero attached hydrogens (tertiary/aromatic N) is 2. The van der Waals surface area contributed by atoms with Crippen LogP contribution < -0.4 is 14.4 Å². The van der Waals surface area contributed by atoms with E-state index in [1.54, 1.807) is 36.4 Å². The van der Waals surface area contributed by atoms with Crippen LogP contribution in [0.25, 0.3) is 0 Å². The standard InChI is InChI=1S/C35H37Cl2N3O5S/c1-4-25(2)38-35(42)33(22-26-8-6-5-7-9-26)39(23-27-10-12-28(36)13-11-27)34(41)24-40(30-16-14-29(37)15-17-30)46(43,44)32-20-18-31(45-3)19-21-32/h5-21,25,33H,4,22-24H2,1-3H3,(H,38,42)/t25-,33+/m0/s1. The molecule has 46 heavy (non-hydrogen) atoms. The van der Waals surface area contributed by atoms with Crippen LogP contribution in [0.1, 0.15) is 31.4 Å². The van der Waals surface area contributed by atoms with Gasteiger partial charge in [-0.15, -0.1) is 0 Å². The molecule has 0 fully saturated rings. The Kier molecular flexibility index (Phi) is 12.1. The molecule has 2 atom stereocenters. The van der Waals surface area contributed by atoms with Gasteiger partial charge >= 0.3 is 0 Å². The highest BCUT2D eigenvalue weighted by Gasteiger charge is 2.35. The molecule has 242 valence electrons. The first-order valence-corrected chi connectivity index (χ1v) is 17.0. The minimum Gasteiger partial charge on any atom is -0.497 e. The second-order valence-electron chi connectivity index (χ2n) is 10.8. The number of nitrogens with one attached hydrogen (secondary N) is 1. The third kappa shape index (κ3) is 9.02. The van der Waals surface area contributed by atoms with Crippen molar-refractivity contribution in [2.75, 3.05) is 18.0 Å². The number of ether oxygens (including phenoxy) is 1. The Morgan fingerprint density at radius 3 is 1.98 bits per heavy atom. The van der Waals surface area contributed by atoms with Crippen LogP contribution in [0.3, 0.4) is 0 Å². The zero-order valence-electron chi connectivity index (χ0n) is 25.9. The Balaban J connectivity index is 1.80. The zero-order valence-corrected chi connectivity index (χ0v) is 28.2. The molecule has 0 aliphatic carbocycles. The summed E-state index contributed by atoms with van der Waals surface area (Å²) in [6, 6.07) is 27.4. The van der Waals surface area contributed by atoms with Gasteiger partial charge in [0.05, 0.1) is 17.7 Å². The molecule has 0 heterocycles. The maximum absolute atomic E-state index is 14.5. The summed E-state index contributed by atoms with van der Waals surface area (Å²) in [6.45, 7) is 3.32. The molecule has 4 rings (SSSR count). The maximum Gasteiger partial charge on any atom is 0.264 e. The van der Waals surface area contributed by atoms with Gasteiger partial charge in [-0.25, -0.2) is 8.42 Å². The van der Waals surface area contributed by atoms with E-state index >= 15 is 0 Å². The number of methoxy groups -OCH3 is 1. The van der Waals surface area contributed by atoms with Crippen molar-refractivity contribution in [2.24, 2.45) is 0 Å². The molecule has 1 N–H and O–H groups in total. The third-order valence-corrected chi connectivity index (χ3v) is 9.87. The van der Waals surface area contributed by atoms with Crippen LogP contribution >= 0.6 is 23.2 Å². The van der Waals surface area contributed by atoms with Crippen LogP contribution in [-0.2, 0) is 32.6 Å². The number of carbonyl (C=O) groups is 2. The summed E-state index contributed by atoms with van der Waals surface area (Å²) in [4.78, 5) is 29.8. The van der Waals surface area contributed by atoms with Crippen LogP contribution in [0.5, 0.6) is 5.75 Å². The number of amides is 2. The number of sulfonamides is 1. The molecule has 0 unspecified atom stereocenters. The van der Waals surface area contributed by atoms with Gasteiger partial charge in [0.1, 0.15) is 18.3 Å². The van der Waals surface area contributed by atoms with Crippen molar-refractivity contribution >= 4 is 50.7 Å². The second-order valence-corrected chi connectivity index (χ2v) is 13.6. The van der Waals surface area contributed by atoms with Gasteiger partial charge in [0, 0.05) is 29.1 Å². The highest BCUT2D eigenvalue weighted by molar-refractivity contribution is 7.92. The first-order valence-electron chi connectivity index (χ1n) is 14.8. The summed E-state index contributed by atoms with van der Waals surface area (Å²) in [5, 5.41) is 3.96. The van der Waals surface area contributed by atoms with Crippen LogP contribution in [0.4, 0.5) is 5.69 Å². The molecule has 4 aromatic rings. The Bertz CT molecular complexity index is 1700. The molecular formula is C35H37Cl2N3O5S.